The van der Waals surface area contributed by atoms with Crippen LogP contribution in [0.4, 0.5) is 0 Å². The quantitative estimate of drug-likeness (QED) is 0.671. The van der Waals surface area contributed by atoms with E-state index in [-0.39, 0.29) is 0 Å². The number of nitrogens with one attached hydrogen (secondary N) is 1. The van der Waals surface area contributed by atoms with Crippen molar-refractivity contribution in [1.82, 2.24) is 5.32 Å². The Balaban J connectivity index is 2.21. The molecule has 16 heavy (non-hydrogen) atoms. The molecule has 0 fully saturated rings. The van der Waals surface area contributed by atoms with Gasteiger partial charge in [-0.05, 0) is 43.7 Å². The van der Waals surface area contributed by atoms with Crippen LogP contribution in [0.15, 0.2) is 17.5 Å². The molecule has 1 rings (SSSR count). The molecule has 0 saturated heterocycles. The van der Waals surface area contributed by atoms with E-state index < -0.39 is 0 Å². The van der Waals surface area contributed by atoms with Crippen molar-refractivity contribution in [3.05, 3.63) is 22.4 Å². The maximum absolute atomic E-state index is 5.10. The molecule has 0 aromatic carbocycles. The smallest absolute Gasteiger partial charge is 0.0462 e. The van der Waals surface area contributed by atoms with E-state index in [9.17, 15) is 0 Å². The molecule has 1 unspecified atom stereocenters. The van der Waals surface area contributed by atoms with Crippen molar-refractivity contribution in [3.8, 4) is 0 Å². The Morgan fingerprint density at radius 3 is 2.94 bits per heavy atom. The minimum atomic E-state index is 0.641. The van der Waals surface area contributed by atoms with Crippen LogP contribution in [-0.2, 0) is 11.2 Å². The Hall–Kier alpha value is -0.380. The average molecular weight is 241 g/mol. The summed E-state index contributed by atoms with van der Waals surface area (Å²) in [7, 11) is 1.77. The molecular weight excluding hydrogens is 218 g/mol. The highest BCUT2D eigenvalue weighted by Gasteiger charge is 2.07. The molecule has 0 spiro atoms. The third-order valence-electron chi connectivity index (χ3n) is 2.71. The standard InChI is InChI=1S/C13H23NOS/c1-3-14-12(6-4-10-15-2)8-9-13-7-5-11-16-13/h5,7,11-12,14H,3-4,6,8-10H2,1-2H3. The molecule has 2 nitrogen and oxygen atoms in total. The van der Waals surface area contributed by atoms with Gasteiger partial charge in [-0.15, -0.1) is 11.3 Å². The van der Waals surface area contributed by atoms with Gasteiger partial charge in [-0.1, -0.05) is 13.0 Å². The summed E-state index contributed by atoms with van der Waals surface area (Å²) in [6.07, 6.45) is 4.80. The monoisotopic (exact) mass is 241 g/mol. The lowest BCUT2D eigenvalue weighted by Gasteiger charge is -2.17. The van der Waals surface area contributed by atoms with Crippen molar-refractivity contribution >= 4 is 11.3 Å². The van der Waals surface area contributed by atoms with E-state index in [1.54, 1.807) is 7.11 Å². The maximum atomic E-state index is 5.10. The van der Waals surface area contributed by atoms with Gasteiger partial charge >= 0.3 is 0 Å². The lowest BCUT2D eigenvalue weighted by Crippen LogP contribution is -2.29. The van der Waals surface area contributed by atoms with Gasteiger partial charge in [0, 0.05) is 24.6 Å². The molecule has 1 aromatic heterocycles. The van der Waals surface area contributed by atoms with E-state index in [1.165, 1.54) is 24.1 Å². The Morgan fingerprint density at radius 2 is 2.31 bits per heavy atom. The van der Waals surface area contributed by atoms with Crippen LogP contribution >= 0.6 is 11.3 Å². The summed E-state index contributed by atoms with van der Waals surface area (Å²) in [6, 6.07) is 5.00. The first-order chi connectivity index (χ1) is 7.86. The molecule has 1 aromatic rings. The van der Waals surface area contributed by atoms with Gasteiger partial charge in [0.05, 0.1) is 0 Å². The zero-order valence-corrected chi connectivity index (χ0v) is 11.2. The first-order valence-corrected chi connectivity index (χ1v) is 6.99. The van der Waals surface area contributed by atoms with Crippen LogP contribution in [0.25, 0.3) is 0 Å². The zero-order chi connectivity index (χ0) is 11.6. The lowest BCUT2D eigenvalue weighted by atomic mass is 10.1. The van der Waals surface area contributed by atoms with Crippen molar-refractivity contribution in [3.63, 3.8) is 0 Å². The predicted octanol–water partition coefficient (Wildman–Crippen LogP) is 3.09. The van der Waals surface area contributed by atoms with E-state index in [0.717, 1.165) is 19.6 Å². The Kier molecular flexibility index (Phi) is 7.47. The Bertz CT molecular complexity index is 248. The summed E-state index contributed by atoms with van der Waals surface area (Å²) < 4.78 is 5.10. The number of aryl methyl sites for hydroxylation is 1. The summed E-state index contributed by atoms with van der Waals surface area (Å²) >= 11 is 1.86. The largest absolute Gasteiger partial charge is 0.385 e. The molecule has 0 bridgehead atoms. The Labute approximate surface area is 103 Å². The van der Waals surface area contributed by atoms with E-state index in [0.29, 0.717) is 6.04 Å². The summed E-state index contributed by atoms with van der Waals surface area (Å²) in [4.78, 5) is 1.50. The van der Waals surface area contributed by atoms with Gasteiger partial charge in [-0.2, -0.15) is 0 Å². The topological polar surface area (TPSA) is 21.3 Å². The fourth-order valence-electron chi connectivity index (χ4n) is 1.88. The molecule has 1 N–H and O–H groups in total. The number of methoxy groups -OCH3 is 1. The highest BCUT2D eigenvalue weighted by Crippen LogP contribution is 2.13. The second-order valence-corrected chi connectivity index (χ2v) is 5.04. The second kappa shape index (κ2) is 8.74. The number of ether oxygens (including phenoxy) is 1. The predicted molar refractivity (Wildman–Crippen MR) is 71.2 cm³/mol. The fourth-order valence-corrected chi connectivity index (χ4v) is 2.61. The van der Waals surface area contributed by atoms with Crippen LogP contribution in [0, 0.1) is 0 Å². The number of hydrogen-bond acceptors (Lipinski definition) is 3. The van der Waals surface area contributed by atoms with Crippen LogP contribution in [0.3, 0.4) is 0 Å². The van der Waals surface area contributed by atoms with Gasteiger partial charge in [0.1, 0.15) is 0 Å². The first kappa shape index (κ1) is 13.7. The minimum Gasteiger partial charge on any atom is -0.385 e. The summed E-state index contributed by atoms with van der Waals surface area (Å²) in [6.45, 7) is 4.11. The second-order valence-electron chi connectivity index (χ2n) is 4.01. The number of thiophene rings is 1. The van der Waals surface area contributed by atoms with E-state index >= 15 is 0 Å². The van der Waals surface area contributed by atoms with E-state index in [1.807, 2.05) is 11.3 Å². The van der Waals surface area contributed by atoms with Crippen molar-refractivity contribution in [2.45, 2.75) is 38.6 Å². The average Bonchev–Trinajstić information content (AvgIpc) is 2.79. The number of hydrogen-bond donors (Lipinski definition) is 1. The Morgan fingerprint density at radius 1 is 1.44 bits per heavy atom. The first-order valence-electron chi connectivity index (χ1n) is 6.11. The van der Waals surface area contributed by atoms with Crippen molar-refractivity contribution in [1.29, 1.82) is 0 Å². The van der Waals surface area contributed by atoms with Gasteiger partial charge < -0.3 is 10.1 Å². The summed E-state index contributed by atoms with van der Waals surface area (Å²) in [5.74, 6) is 0. The molecule has 92 valence electrons. The van der Waals surface area contributed by atoms with Crippen LogP contribution in [0.2, 0.25) is 0 Å². The van der Waals surface area contributed by atoms with Gasteiger partial charge in [0.15, 0.2) is 0 Å². The van der Waals surface area contributed by atoms with Crippen molar-refractivity contribution in [2.75, 3.05) is 20.3 Å². The highest BCUT2D eigenvalue weighted by atomic mass is 32.1. The van der Waals surface area contributed by atoms with Gasteiger partial charge in [0.25, 0.3) is 0 Å². The normalized spacial score (nSPS) is 12.9. The molecule has 0 amide bonds. The fraction of sp³-hybridized carbons (Fsp3) is 0.692. The molecular formula is C13H23NOS. The molecule has 1 atom stereocenters. The lowest BCUT2D eigenvalue weighted by molar-refractivity contribution is 0.188. The van der Waals surface area contributed by atoms with E-state index in [4.69, 9.17) is 4.74 Å². The van der Waals surface area contributed by atoms with Crippen molar-refractivity contribution < 1.29 is 4.74 Å². The van der Waals surface area contributed by atoms with Crippen LogP contribution in [-0.4, -0.2) is 26.3 Å². The molecule has 0 aliphatic heterocycles. The molecule has 1 heterocycles. The van der Waals surface area contributed by atoms with E-state index in [2.05, 4.69) is 29.8 Å². The van der Waals surface area contributed by atoms with Gasteiger partial charge in [-0.3, -0.25) is 0 Å². The van der Waals surface area contributed by atoms with Crippen LogP contribution in [0.5, 0.6) is 0 Å². The highest BCUT2D eigenvalue weighted by molar-refractivity contribution is 7.09. The zero-order valence-electron chi connectivity index (χ0n) is 10.4. The van der Waals surface area contributed by atoms with Crippen LogP contribution < -0.4 is 5.32 Å². The number of rotatable bonds is 9. The molecule has 3 heteroatoms. The summed E-state index contributed by atoms with van der Waals surface area (Å²) in [5, 5.41) is 5.71. The molecule has 0 saturated carbocycles. The SMILES string of the molecule is CCNC(CCCOC)CCc1cccs1. The molecule has 0 radical (unpaired) electrons. The molecule has 0 aliphatic rings. The third-order valence-corrected chi connectivity index (χ3v) is 3.65. The molecule has 0 aliphatic carbocycles. The minimum absolute atomic E-state index is 0.641. The summed E-state index contributed by atoms with van der Waals surface area (Å²) in [5.41, 5.74) is 0. The van der Waals surface area contributed by atoms with Crippen LogP contribution in [0.1, 0.15) is 31.1 Å². The van der Waals surface area contributed by atoms with Crippen molar-refractivity contribution in [2.24, 2.45) is 0 Å². The van der Waals surface area contributed by atoms with Gasteiger partial charge in [0.2, 0.25) is 0 Å². The maximum Gasteiger partial charge on any atom is 0.0462 e. The van der Waals surface area contributed by atoms with Gasteiger partial charge in [-0.25, -0.2) is 0 Å². The third kappa shape index (κ3) is 5.64.